The number of carbonyl (C=O) groups excluding carboxylic acids is 1. The fourth-order valence-corrected chi connectivity index (χ4v) is 1.98. The van der Waals surface area contributed by atoms with Crippen LogP contribution in [-0.2, 0) is 7.05 Å². The third-order valence-electron chi connectivity index (χ3n) is 2.95. The van der Waals surface area contributed by atoms with Gasteiger partial charge >= 0.3 is 5.69 Å². The predicted octanol–water partition coefficient (Wildman–Crippen LogP) is 1.49. The minimum absolute atomic E-state index is 0.127. The monoisotopic (exact) mass is 268 g/mol. The van der Waals surface area contributed by atoms with Crippen molar-refractivity contribution >= 4 is 22.9 Å². The lowest BCUT2D eigenvalue weighted by atomic mass is 10.1. The normalized spacial score (nSPS) is 11.4. The molecule has 1 aromatic carbocycles. The van der Waals surface area contributed by atoms with E-state index < -0.39 is 0 Å². The van der Waals surface area contributed by atoms with Crippen molar-refractivity contribution in [3.63, 3.8) is 0 Å². The van der Waals surface area contributed by atoms with Crippen LogP contribution in [0.1, 0.15) is 15.9 Å². The van der Waals surface area contributed by atoms with Crippen LogP contribution in [0, 0.1) is 0 Å². The van der Waals surface area contributed by atoms with Gasteiger partial charge in [-0.3, -0.25) is 9.48 Å². The molecule has 0 fully saturated rings. The fraction of sp³-hybridized carbons (Fsp3) is 0.0714. The summed E-state index contributed by atoms with van der Waals surface area (Å²) in [5, 5.41) is 4.02. The van der Waals surface area contributed by atoms with E-state index in [4.69, 9.17) is 0 Å². The first-order chi connectivity index (χ1) is 9.61. The second-order valence-corrected chi connectivity index (χ2v) is 4.48. The SMILES string of the molecule is Cn1cc(C=CC(=O)c2ccc3[nH]c(=O)[nH]c3c2)cn1. The van der Waals surface area contributed by atoms with E-state index in [9.17, 15) is 9.59 Å². The summed E-state index contributed by atoms with van der Waals surface area (Å²) >= 11 is 0. The van der Waals surface area contributed by atoms with Crippen LogP contribution in [0.2, 0.25) is 0 Å². The molecule has 0 atom stereocenters. The number of H-pyrrole nitrogens is 2. The molecule has 2 N–H and O–H groups in total. The summed E-state index contributed by atoms with van der Waals surface area (Å²) < 4.78 is 1.67. The number of aromatic amines is 2. The Labute approximate surface area is 113 Å². The maximum atomic E-state index is 12.1. The molecular formula is C14H12N4O2. The Hall–Kier alpha value is -2.89. The molecule has 0 saturated heterocycles. The zero-order valence-electron chi connectivity index (χ0n) is 10.8. The molecule has 20 heavy (non-hydrogen) atoms. The molecule has 2 aromatic heterocycles. The van der Waals surface area contributed by atoms with Gasteiger partial charge in [-0.25, -0.2) is 4.79 Å². The average molecular weight is 268 g/mol. The molecule has 0 unspecified atom stereocenters. The van der Waals surface area contributed by atoms with Gasteiger partial charge in [-0.2, -0.15) is 5.10 Å². The molecule has 6 nitrogen and oxygen atoms in total. The highest BCUT2D eigenvalue weighted by atomic mass is 16.1. The maximum absolute atomic E-state index is 12.1. The molecule has 0 amide bonds. The summed E-state index contributed by atoms with van der Waals surface area (Å²) in [7, 11) is 1.81. The lowest BCUT2D eigenvalue weighted by Gasteiger charge is -1.95. The highest BCUT2D eigenvalue weighted by Gasteiger charge is 2.05. The highest BCUT2D eigenvalue weighted by molar-refractivity contribution is 6.08. The van der Waals surface area contributed by atoms with Gasteiger partial charge in [0.2, 0.25) is 0 Å². The van der Waals surface area contributed by atoms with Crippen molar-refractivity contribution in [2.45, 2.75) is 0 Å². The van der Waals surface area contributed by atoms with Crippen molar-refractivity contribution in [1.29, 1.82) is 0 Å². The number of rotatable bonds is 3. The Bertz CT molecular complexity index is 867. The van der Waals surface area contributed by atoms with Crippen LogP contribution in [0.4, 0.5) is 0 Å². The zero-order valence-corrected chi connectivity index (χ0v) is 10.8. The quantitative estimate of drug-likeness (QED) is 0.557. The van der Waals surface area contributed by atoms with Crippen LogP contribution in [0.25, 0.3) is 17.1 Å². The topological polar surface area (TPSA) is 83.5 Å². The fourth-order valence-electron chi connectivity index (χ4n) is 1.98. The molecule has 3 aromatic rings. The number of ketones is 1. The lowest BCUT2D eigenvalue weighted by Crippen LogP contribution is -1.99. The first kappa shape index (κ1) is 12.2. The Balaban J connectivity index is 1.88. The number of allylic oxidation sites excluding steroid dienone is 1. The third-order valence-corrected chi connectivity index (χ3v) is 2.95. The van der Waals surface area contributed by atoms with E-state index in [0.717, 1.165) is 5.56 Å². The first-order valence-electron chi connectivity index (χ1n) is 6.05. The van der Waals surface area contributed by atoms with Crippen molar-refractivity contribution < 1.29 is 4.79 Å². The van der Waals surface area contributed by atoms with E-state index in [1.807, 2.05) is 13.2 Å². The van der Waals surface area contributed by atoms with Crippen LogP contribution in [-0.4, -0.2) is 25.5 Å². The Morgan fingerprint density at radius 1 is 1.30 bits per heavy atom. The van der Waals surface area contributed by atoms with E-state index in [2.05, 4.69) is 15.1 Å². The molecule has 0 aliphatic rings. The third kappa shape index (κ3) is 2.31. The molecule has 3 rings (SSSR count). The summed E-state index contributed by atoms with van der Waals surface area (Å²) in [4.78, 5) is 28.5. The van der Waals surface area contributed by atoms with Gasteiger partial charge in [0.15, 0.2) is 5.78 Å². The summed E-state index contributed by atoms with van der Waals surface area (Å²) in [5.74, 6) is -0.127. The van der Waals surface area contributed by atoms with E-state index >= 15 is 0 Å². The van der Waals surface area contributed by atoms with Crippen molar-refractivity contribution in [3.8, 4) is 0 Å². The number of imidazole rings is 1. The number of hydrogen-bond acceptors (Lipinski definition) is 3. The number of carbonyl (C=O) groups is 1. The largest absolute Gasteiger partial charge is 0.323 e. The zero-order chi connectivity index (χ0) is 14.1. The highest BCUT2D eigenvalue weighted by Crippen LogP contribution is 2.12. The van der Waals surface area contributed by atoms with Crippen LogP contribution in [0.3, 0.4) is 0 Å². The van der Waals surface area contributed by atoms with Gasteiger partial charge in [0.1, 0.15) is 0 Å². The standard InChI is InChI=1S/C14H12N4O2/c1-18-8-9(7-15-18)2-5-13(19)10-3-4-11-12(6-10)17-14(20)16-11/h2-8H,1H3,(H2,16,17,20). The Kier molecular flexibility index (Phi) is 2.83. The number of aromatic nitrogens is 4. The van der Waals surface area contributed by atoms with Crippen LogP contribution in [0.15, 0.2) is 41.5 Å². The van der Waals surface area contributed by atoms with Crippen LogP contribution >= 0.6 is 0 Å². The molecule has 0 aliphatic carbocycles. The summed E-state index contributed by atoms with van der Waals surface area (Å²) in [6, 6.07) is 5.05. The maximum Gasteiger partial charge on any atom is 0.323 e. The number of fused-ring (bicyclic) bond motifs is 1. The van der Waals surface area contributed by atoms with E-state index in [0.29, 0.717) is 16.6 Å². The van der Waals surface area contributed by atoms with Crippen molar-refractivity contribution in [1.82, 2.24) is 19.7 Å². The van der Waals surface area contributed by atoms with Gasteiger partial charge in [-0.05, 0) is 30.4 Å². The van der Waals surface area contributed by atoms with Gasteiger partial charge in [-0.1, -0.05) is 0 Å². The lowest BCUT2D eigenvalue weighted by molar-refractivity contribution is 0.104. The van der Waals surface area contributed by atoms with E-state index in [1.165, 1.54) is 6.08 Å². The number of nitrogens with zero attached hydrogens (tertiary/aromatic N) is 2. The predicted molar refractivity (Wildman–Crippen MR) is 75.5 cm³/mol. The molecule has 100 valence electrons. The molecule has 0 bridgehead atoms. The molecule has 2 heterocycles. The van der Waals surface area contributed by atoms with Gasteiger partial charge in [-0.15, -0.1) is 0 Å². The molecule has 0 spiro atoms. The van der Waals surface area contributed by atoms with Gasteiger partial charge in [0.25, 0.3) is 0 Å². The second-order valence-electron chi connectivity index (χ2n) is 4.48. The Morgan fingerprint density at radius 2 is 2.10 bits per heavy atom. The smallest absolute Gasteiger partial charge is 0.306 e. The van der Waals surface area contributed by atoms with E-state index in [1.54, 1.807) is 35.2 Å². The van der Waals surface area contributed by atoms with Crippen molar-refractivity contribution in [2.75, 3.05) is 0 Å². The molecular weight excluding hydrogens is 256 g/mol. The summed E-state index contributed by atoms with van der Waals surface area (Å²) in [6.45, 7) is 0. The summed E-state index contributed by atoms with van der Waals surface area (Å²) in [6.07, 6.45) is 6.69. The molecule has 6 heteroatoms. The van der Waals surface area contributed by atoms with Crippen molar-refractivity contribution in [2.24, 2.45) is 7.05 Å². The van der Waals surface area contributed by atoms with Gasteiger partial charge in [0.05, 0.1) is 17.2 Å². The number of hydrogen-bond donors (Lipinski definition) is 2. The average Bonchev–Trinajstić information content (AvgIpc) is 2.99. The molecule has 0 saturated carbocycles. The first-order valence-corrected chi connectivity index (χ1v) is 6.05. The van der Waals surface area contributed by atoms with Crippen molar-refractivity contribution in [3.05, 3.63) is 58.3 Å². The molecule has 0 aliphatic heterocycles. The summed E-state index contributed by atoms with van der Waals surface area (Å²) in [5.41, 5.74) is 2.40. The van der Waals surface area contributed by atoms with Crippen LogP contribution < -0.4 is 5.69 Å². The van der Waals surface area contributed by atoms with Gasteiger partial charge < -0.3 is 9.97 Å². The van der Waals surface area contributed by atoms with Crippen LogP contribution in [0.5, 0.6) is 0 Å². The number of aryl methyl sites for hydroxylation is 1. The van der Waals surface area contributed by atoms with E-state index in [-0.39, 0.29) is 11.5 Å². The second kappa shape index (κ2) is 4.65. The minimum Gasteiger partial charge on any atom is -0.306 e. The molecule has 0 radical (unpaired) electrons. The minimum atomic E-state index is -0.282. The Morgan fingerprint density at radius 3 is 2.85 bits per heavy atom. The number of nitrogens with one attached hydrogen (secondary N) is 2. The number of benzene rings is 1. The van der Waals surface area contributed by atoms with Gasteiger partial charge in [0, 0.05) is 24.4 Å².